The molecule has 0 spiro atoms. The number of aliphatic hydroxyl groups is 1. The standard InChI is InChI=1S/C16H25FN2O2/c1-12(20)13-6-8-19(11-13)16-5-3-4-15(17)14(16)10-18-7-9-21-2/h3-5,12-13,18,20H,6-11H2,1-2H3. The minimum absolute atomic E-state index is 0.182. The molecule has 0 aliphatic carbocycles. The maximum atomic E-state index is 14.1. The van der Waals surface area contributed by atoms with E-state index in [1.54, 1.807) is 13.2 Å². The van der Waals surface area contributed by atoms with Crippen LogP contribution in [-0.4, -0.2) is 44.6 Å². The molecule has 118 valence electrons. The zero-order chi connectivity index (χ0) is 15.2. The maximum absolute atomic E-state index is 14.1. The summed E-state index contributed by atoms with van der Waals surface area (Å²) in [6, 6.07) is 5.21. The lowest BCUT2D eigenvalue weighted by atomic mass is 10.0. The van der Waals surface area contributed by atoms with Crippen molar-refractivity contribution in [2.45, 2.75) is 26.0 Å². The van der Waals surface area contributed by atoms with Gasteiger partial charge in [-0.2, -0.15) is 0 Å². The molecule has 2 atom stereocenters. The first kappa shape index (κ1) is 16.2. The molecule has 1 aliphatic heterocycles. The minimum atomic E-state index is -0.313. The smallest absolute Gasteiger partial charge is 0.129 e. The predicted octanol–water partition coefficient (Wildman–Crippen LogP) is 1.77. The number of ether oxygens (including phenoxy) is 1. The molecule has 4 nitrogen and oxygen atoms in total. The number of hydrogen-bond donors (Lipinski definition) is 2. The summed E-state index contributed by atoms with van der Waals surface area (Å²) in [6.07, 6.45) is 0.636. The number of aliphatic hydroxyl groups excluding tert-OH is 1. The van der Waals surface area contributed by atoms with Gasteiger partial charge in [0.25, 0.3) is 0 Å². The quantitative estimate of drug-likeness (QED) is 0.753. The third-order valence-corrected chi connectivity index (χ3v) is 4.13. The van der Waals surface area contributed by atoms with Crippen molar-refractivity contribution >= 4 is 5.69 Å². The third-order valence-electron chi connectivity index (χ3n) is 4.13. The molecule has 0 aromatic heterocycles. The van der Waals surface area contributed by atoms with Gasteiger partial charge in [0.1, 0.15) is 5.82 Å². The SMILES string of the molecule is COCCNCc1c(F)cccc1N1CCC(C(C)O)C1. The summed E-state index contributed by atoms with van der Waals surface area (Å²) in [5.74, 6) is 0.0838. The number of nitrogens with zero attached hydrogens (tertiary/aromatic N) is 1. The molecule has 2 N–H and O–H groups in total. The van der Waals surface area contributed by atoms with Gasteiger partial charge >= 0.3 is 0 Å². The number of benzene rings is 1. The number of methoxy groups -OCH3 is 1. The lowest BCUT2D eigenvalue weighted by Gasteiger charge is -2.23. The fourth-order valence-corrected chi connectivity index (χ4v) is 2.81. The predicted molar refractivity (Wildman–Crippen MR) is 82.0 cm³/mol. The van der Waals surface area contributed by atoms with Gasteiger partial charge in [0.2, 0.25) is 0 Å². The van der Waals surface area contributed by atoms with Crippen molar-refractivity contribution in [1.29, 1.82) is 0 Å². The molecule has 0 amide bonds. The van der Waals surface area contributed by atoms with Gasteiger partial charge in [-0.3, -0.25) is 0 Å². The molecule has 0 saturated carbocycles. The van der Waals surface area contributed by atoms with Crippen LogP contribution in [0.4, 0.5) is 10.1 Å². The summed E-state index contributed by atoms with van der Waals surface area (Å²) in [7, 11) is 1.65. The fraction of sp³-hybridized carbons (Fsp3) is 0.625. The van der Waals surface area contributed by atoms with Crippen LogP contribution in [0.2, 0.25) is 0 Å². The summed E-state index contributed by atoms with van der Waals surface area (Å²) in [6.45, 7) is 5.27. The van der Waals surface area contributed by atoms with Gasteiger partial charge < -0.3 is 20.1 Å². The maximum Gasteiger partial charge on any atom is 0.129 e. The Balaban J connectivity index is 2.07. The fourth-order valence-electron chi connectivity index (χ4n) is 2.81. The first-order chi connectivity index (χ1) is 10.1. The van der Waals surface area contributed by atoms with Crippen molar-refractivity contribution in [2.24, 2.45) is 5.92 Å². The van der Waals surface area contributed by atoms with Crippen LogP contribution in [0.3, 0.4) is 0 Å². The third kappa shape index (κ3) is 4.15. The average Bonchev–Trinajstić information content (AvgIpc) is 2.94. The second-order valence-corrected chi connectivity index (χ2v) is 5.64. The molecule has 1 saturated heterocycles. The molecular formula is C16H25FN2O2. The summed E-state index contributed by atoms with van der Waals surface area (Å²) >= 11 is 0. The normalized spacial score (nSPS) is 20.0. The highest BCUT2D eigenvalue weighted by Gasteiger charge is 2.27. The second kappa shape index (κ2) is 7.73. The van der Waals surface area contributed by atoms with E-state index in [2.05, 4.69) is 10.2 Å². The number of anilines is 1. The Morgan fingerprint density at radius 3 is 3.00 bits per heavy atom. The largest absolute Gasteiger partial charge is 0.393 e. The van der Waals surface area contributed by atoms with Crippen LogP contribution in [-0.2, 0) is 11.3 Å². The van der Waals surface area contributed by atoms with Crippen LogP contribution in [0.1, 0.15) is 18.9 Å². The van der Waals surface area contributed by atoms with E-state index in [9.17, 15) is 9.50 Å². The highest BCUT2D eigenvalue weighted by Crippen LogP contribution is 2.29. The van der Waals surface area contributed by atoms with E-state index in [4.69, 9.17) is 4.74 Å². The van der Waals surface area contributed by atoms with E-state index in [0.29, 0.717) is 25.3 Å². The van der Waals surface area contributed by atoms with Crippen molar-refractivity contribution in [3.8, 4) is 0 Å². The van der Waals surface area contributed by atoms with Crippen molar-refractivity contribution in [1.82, 2.24) is 5.32 Å². The topological polar surface area (TPSA) is 44.7 Å². The van der Waals surface area contributed by atoms with Gasteiger partial charge in [0.05, 0.1) is 12.7 Å². The van der Waals surface area contributed by atoms with Crippen LogP contribution in [0.5, 0.6) is 0 Å². The van der Waals surface area contributed by atoms with Gasteiger partial charge in [-0.25, -0.2) is 4.39 Å². The molecule has 1 fully saturated rings. The molecule has 1 aromatic rings. The molecule has 1 aliphatic rings. The van der Waals surface area contributed by atoms with Crippen molar-refractivity contribution in [3.05, 3.63) is 29.6 Å². The molecule has 1 aromatic carbocycles. The van der Waals surface area contributed by atoms with E-state index < -0.39 is 0 Å². The number of halogens is 1. The van der Waals surface area contributed by atoms with E-state index in [1.165, 1.54) is 6.07 Å². The van der Waals surface area contributed by atoms with Gasteiger partial charge in [0.15, 0.2) is 0 Å². The molecule has 2 rings (SSSR count). The lowest BCUT2D eigenvalue weighted by Crippen LogP contribution is -2.26. The Morgan fingerprint density at radius 1 is 1.52 bits per heavy atom. The molecule has 1 heterocycles. The molecule has 21 heavy (non-hydrogen) atoms. The molecule has 5 heteroatoms. The van der Waals surface area contributed by atoms with Gasteiger partial charge in [-0.05, 0) is 25.5 Å². The number of nitrogens with one attached hydrogen (secondary N) is 1. The summed E-state index contributed by atoms with van der Waals surface area (Å²) in [5, 5.41) is 12.9. The Labute approximate surface area is 125 Å². The molecule has 2 unspecified atom stereocenters. The van der Waals surface area contributed by atoms with Gasteiger partial charge in [0, 0.05) is 50.5 Å². The average molecular weight is 296 g/mol. The van der Waals surface area contributed by atoms with E-state index in [-0.39, 0.29) is 17.8 Å². The van der Waals surface area contributed by atoms with Crippen LogP contribution in [0, 0.1) is 11.7 Å². The van der Waals surface area contributed by atoms with E-state index in [0.717, 1.165) is 25.2 Å². The molecule has 0 radical (unpaired) electrons. The Bertz CT molecular complexity index is 454. The summed E-state index contributed by atoms with van der Waals surface area (Å²) in [5.41, 5.74) is 1.63. The highest BCUT2D eigenvalue weighted by atomic mass is 19.1. The monoisotopic (exact) mass is 296 g/mol. The van der Waals surface area contributed by atoms with Crippen LogP contribution in [0.15, 0.2) is 18.2 Å². The summed E-state index contributed by atoms with van der Waals surface area (Å²) in [4.78, 5) is 2.17. The first-order valence-electron chi connectivity index (χ1n) is 7.53. The molecule has 0 bridgehead atoms. The highest BCUT2D eigenvalue weighted by molar-refractivity contribution is 5.55. The number of rotatable bonds is 7. The van der Waals surface area contributed by atoms with Gasteiger partial charge in [-0.15, -0.1) is 0 Å². The Kier molecular flexibility index (Phi) is 5.96. The Hall–Kier alpha value is -1.17. The van der Waals surface area contributed by atoms with Crippen LogP contribution in [0.25, 0.3) is 0 Å². The van der Waals surface area contributed by atoms with Crippen molar-refractivity contribution in [2.75, 3.05) is 38.3 Å². The van der Waals surface area contributed by atoms with Crippen LogP contribution >= 0.6 is 0 Å². The van der Waals surface area contributed by atoms with Crippen molar-refractivity contribution in [3.63, 3.8) is 0 Å². The zero-order valence-corrected chi connectivity index (χ0v) is 12.8. The lowest BCUT2D eigenvalue weighted by molar-refractivity contribution is 0.136. The first-order valence-corrected chi connectivity index (χ1v) is 7.53. The van der Waals surface area contributed by atoms with Gasteiger partial charge in [-0.1, -0.05) is 6.07 Å². The number of hydrogen-bond acceptors (Lipinski definition) is 4. The van der Waals surface area contributed by atoms with Crippen LogP contribution < -0.4 is 10.2 Å². The summed E-state index contributed by atoms with van der Waals surface area (Å²) < 4.78 is 19.1. The second-order valence-electron chi connectivity index (χ2n) is 5.64. The van der Waals surface area contributed by atoms with E-state index in [1.807, 2.05) is 13.0 Å². The zero-order valence-electron chi connectivity index (χ0n) is 12.8. The van der Waals surface area contributed by atoms with E-state index >= 15 is 0 Å². The Morgan fingerprint density at radius 2 is 2.33 bits per heavy atom. The van der Waals surface area contributed by atoms with Crippen molar-refractivity contribution < 1.29 is 14.2 Å². The molecular weight excluding hydrogens is 271 g/mol. The minimum Gasteiger partial charge on any atom is -0.393 e.